The number of hydrogen-bond acceptors (Lipinski definition) is 4. The molecule has 1 unspecified atom stereocenters. The van der Waals surface area contributed by atoms with E-state index < -0.39 is 5.92 Å². The Kier molecular flexibility index (Phi) is 4.04. The second-order valence-corrected chi connectivity index (χ2v) is 8.96. The fourth-order valence-corrected chi connectivity index (χ4v) is 4.39. The number of ketones is 1. The van der Waals surface area contributed by atoms with Crippen LogP contribution >= 0.6 is 28.1 Å². The monoisotopic (exact) mass is 431 g/mol. The van der Waals surface area contributed by atoms with E-state index in [0.717, 1.165) is 22.2 Å². The van der Waals surface area contributed by atoms with Gasteiger partial charge < -0.3 is 10.3 Å². The second-order valence-electron chi connectivity index (χ2n) is 7.64. The van der Waals surface area contributed by atoms with Gasteiger partial charge in [-0.3, -0.25) is 14.6 Å². The average molecular weight is 432 g/mol. The number of H-pyrrole nitrogens is 2. The lowest BCUT2D eigenvalue weighted by Gasteiger charge is -2.38. The Balaban J connectivity index is 2.00. The normalized spacial score (nSPS) is 21.0. The molecule has 0 spiro atoms. The number of allylic oxidation sites excluding steroid dienone is 2. The average Bonchev–Trinajstić information content (AvgIpc) is 2.52. The van der Waals surface area contributed by atoms with Gasteiger partial charge in [0.15, 0.2) is 10.6 Å². The maximum Gasteiger partial charge on any atom is 0.257 e. The Morgan fingerprint density at radius 1 is 1.12 bits per heavy atom. The molecule has 2 heterocycles. The minimum Gasteiger partial charge on any atom is -0.344 e. The lowest BCUT2D eigenvalue weighted by Crippen LogP contribution is -2.36. The number of nitrogens with one attached hydrogen (secondary N) is 3. The Morgan fingerprint density at radius 2 is 1.81 bits per heavy atom. The van der Waals surface area contributed by atoms with E-state index in [2.05, 4.69) is 45.1 Å². The number of hydrogen-bond donors (Lipinski definition) is 3. The summed E-state index contributed by atoms with van der Waals surface area (Å²) in [5.41, 5.74) is 2.59. The van der Waals surface area contributed by atoms with Gasteiger partial charge >= 0.3 is 0 Å². The third-order valence-electron chi connectivity index (χ3n) is 4.96. The number of carbonyl (C=O) groups excluding carboxylic acids is 1. The van der Waals surface area contributed by atoms with Gasteiger partial charge in [0.1, 0.15) is 5.82 Å². The molecule has 1 aliphatic carbocycles. The van der Waals surface area contributed by atoms with Gasteiger partial charge in [0.05, 0.1) is 5.56 Å². The van der Waals surface area contributed by atoms with E-state index in [1.807, 2.05) is 24.3 Å². The van der Waals surface area contributed by atoms with Crippen LogP contribution in [-0.4, -0.2) is 15.8 Å². The summed E-state index contributed by atoms with van der Waals surface area (Å²) in [6.07, 6.45) is 1.21. The summed E-state index contributed by atoms with van der Waals surface area (Å²) in [6, 6.07) is 7.74. The summed E-state index contributed by atoms with van der Waals surface area (Å²) in [7, 11) is 0. The third kappa shape index (κ3) is 2.89. The molecule has 5 nitrogen and oxygen atoms in total. The number of benzene rings is 1. The van der Waals surface area contributed by atoms with E-state index in [1.54, 1.807) is 0 Å². The molecular weight excluding hydrogens is 414 g/mol. The van der Waals surface area contributed by atoms with Crippen molar-refractivity contribution >= 4 is 39.7 Å². The number of aromatic amines is 2. The quantitative estimate of drug-likeness (QED) is 0.584. The zero-order chi connectivity index (χ0) is 18.6. The number of carbonyl (C=O) groups is 1. The number of rotatable bonds is 1. The molecule has 1 atom stereocenters. The van der Waals surface area contributed by atoms with E-state index in [9.17, 15) is 9.59 Å². The first-order valence-corrected chi connectivity index (χ1v) is 9.60. The van der Waals surface area contributed by atoms with E-state index >= 15 is 0 Å². The highest BCUT2D eigenvalue weighted by atomic mass is 79.9. The van der Waals surface area contributed by atoms with Crippen LogP contribution in [0.15, 0.2) is 44.8 Å². The molecule has 0 saturated heterocycles. The van der Waals surface area contributed by atoms with Crippen LogP contribution < -0.4 is 10.9 Å². The highest BCUT2D eigenvalue weighted by Crippen LogP contribution is 2.47. The molecule has 26 heavy (non-hydrogen) atoms. The molecule has 3 N–H and O–H groups in total. The van der Waals surface area contributed by atoms with Crippen molar-refractivity contribution in [1.29, 1.82) is 0 Å². The number of aromatic nitrogens is 2. The summed E-state index contributed by atoms with van der Waals surface area (Å²) >= 11 is 8.57. The van der Waals surface area contributed by atoms with Gasteiger partial charge in [-0.05, 0) is 41.7 Å². The summed E-state index contributed by atoms with van der Waals surface area (Å²) in [5, 5.41) is 3.29. The molecule has 7 heteroatoms. The third-order valence-corrected chi connectivity index (χ3v) is 5.69. The highest BCUT2D eigenvalue weighted by molar-refractivity contribution is 9.10. The predicted octanol–water partition coefficient (Wildman–Crippen LogP) is 4.40. The van der Waals surface area contributed by atoms with Crippen molar-refractivity contribution in [3.8, 4) is 0 Å². The molecule has 1 aliphatic heterocycles. The summed E-state index contributed by atoms with van der Waals surface area (Å²) in [5.74, 6) is 0.258. The first-order valence-electron chi connectivity index (χ1n) is 8.40. The topological polar surface area (TPSA) is 77.8 Å². The Hall–Kier alpha value is -1.99. The van der Waals surface area contributed by atoms with Crippen molar-refractivity contribution in [2.24, 2.45) is 5.41 Å². The van der Waals surface area contributed by atoms with Crippen molar-refractivity contribution in [2.45, 2.75) is 32.6 Å². The van der Waals surface area contributed by atoms with Crippen LogP contribution in [0.25, 0.3) is 0 Å². The Labute approximate surface area is 164 Å². The smallest absolute Gasteiger partial charge is 0.257 e. The first-order chi connectivity index (χ1) is 12.2. The number of Topliss-reactive ketones (excluding diaryl/α,β-unsaturated/α-hetero) is 1. The van der Waals surface area contributed by atoms with Crippen LogP contribution in [0.5, 0.6) is 0 Å². The van der Waals surface area contributed by atoms with Gasteiger partial charge in [0, 0.05) is 28.1 Å². The van der Waals surface area contributed by atoms with Crippen LogP contribution in [-0.2, 0) is 4.79 Å². The highest BCUT2D eigenvalue weighted by Gasteiger charge is 2.41. The molecule has 1 aromatic carbocycles. The number of halogens is 1. The minimum atomic E-state index is -0.409. The van der Waals surface area contributed by atoms with Crippen molar-refractivity contribution in [3.63, 3.8) is 0 Å². The Morgan fingerprint density at radius 3 is 2.50 bits per heavy atom. The second kappa shape index (κ2) is 6.03. The van der Waals surface area contributed by atoms with Gasteiger partial charge in [-0.25, -0.2) is 0 Å². The van der Waals surface area contributed by atoms with Gasteiger partial charge in [-0.1, -0.05) is 41.9 Å². The molecule has 0 saturated carbocycles. The predicted molar refractivity (Wildman–Crippen MR) is 107 cm³/mol. The summed E-state index contributed by atoms with van der Waals surface area (Å²) < 4.78 is 1.21. The van der Waals surface area contributed by atoms with E-state index in [1.165, 1.54) is 0 Å². The number of fused-ring (bicyclic) bond motifs is 1. The molecule has 134 valence electrons. The van der Waals surface area contributed by atoms with Crippen molar-refractivity contribution in [3.05, 3.63) is 66.3 Å². The molecule has 0 radical (unpaired) electrons. The van der Waals surface area contributed by atoms with E-state index in [-0.39, 0.29) is 21.5 Å². The van der Waals surface area contributed by atoms with Crippen LogP contribution in [0.2, 0.25) is 0 Å². The van der Waals surface area contributed by atoms with Crippen LogP contribution in [0.4, 0.5) is 5.82 Å². The van der Waals surface area contributed by atoms with E-state index in [0.29, 0.717) is 23.4 Å². The van der Waals surface area contributed by atoms with Crippen molar-refractivity contribution < 1.29 is 4.79 Å². The van der Waals surface area contributed by atoms with Gasteiger partial charge in [-0.2, -0.15) is 0 Å². The van der Waals surface area contributed by atoms with Crippen molar-refractivity contribution in [2.75, 3.05) is 5.32 Å². The maximum atomic E-state index is 13.0. The fraction of sp³-hybridized carbons (Fsp3) is 0.316. The van der Waals surface area contributed by atoms with Crippen LogP contribution in [0.3, 0.4) is 0 Å². The molecule has 2 aromatic rings. The Bertz CT molecular complexity index is 1060. The number of anilines is 1. The maximum absolute atomic E-state index is 13.0. The lowest BCUT2D eigenvalue weighted by molar-refractivity contribution is -0.118. The summed E-state index contributed by atoms with van der Waals surface area (Å²) in [6.45, 7) is 4.17. The van der Waals surface area contributed by atoms with Crippen LogP contribution in [0, 0.1) is 10.2 Å². The zero-order valence-corrected chi connectivity index (χ0v) is 16.8. The molecule has 0 bridgehead atoms. The fourth-order valence-electron chi connectivity index (χ4n) is 3.94. The van der Waals surface area contributed by atoms with Crippen molar-refractivity contribution in [1.82, 2.24) is 9.97 Å². The minimum absolute atomic E-state index is 0.0872. The lowest BCUT2D eigenvalue weighted by atomic mass is 9.69. The molecular formula is C19H18BrN3O2S. The molecule has 0 fully saturated rings. The largest absolute Gasteiger partial charge is 0.344 e. The standard InChI is InChI=1S/C19H18BrN3O2S/c1-19(2)7-11-14(12(24)8-19)13(9-3-5-10(20)6-4-9)15-16(21-11)22-18(26)23-17(15)25/h3-6,13H,7-8H2,1-2H3,(H3,21,22,23,25,26). The molecule has 1 aromatic heterocycles. The van der Waals surface area contributed by atoms with E-state index in [4.69, 9.17) is 12.2 Å². The van der Waals surface area contributed by atoms with Gasteiger partial charge in [0.2, 0.25) is 0 Å². The molecule has 0 amide bonds. The molecule has 2 aliphatic rings. The first kappa shape index (κ1) is 17.4. The van der Waals surface area contributed by atoms with Gasteiger partial charge in [-0.15, -0.1) is 0 Å². The summed E-state index contributed by atoms with van der Waals surface area (Å²) in [4.78, 5) is 31.5. The van der Waals surface area contributed by atoms with Gasteiger partial charge in [0.25, 0.3) is 5.56 Å². The molecule has 4 rings (SSSR count). The zero-order valence-electron chi connectivity index (χ0n) is 14.4. The SMILES string of the molecule is CC1(C)CC(=O)C2=C(C1)Nc1[nH]c(=S)[nH]c(=O)c1C2c1ccc(Br)cc1. The van der Waals surface area contributed by atoms with Crippen LogP contribution in [0.1, 0.15) is 43.7 Å².